The smallest absolute Gasteiger partial charge is 0.338 e. The molecule has 26 heavy (non-hydrogen) atoms. The summed E-state index contributed by atoms with van der Waals surface area (Å²) in [6, 6.07) is 5.65. The van der Waals surface area contributed by atoms with Crippen LogP contribution in [0.15, 0.2) is 33.7 Å². The summed E-state index contributed by atoms with van der Waals surface area (Å²) in [6.07, 6.45) is 0. The van der Waals surface area contributed by atoms with Crippen LogP contribution in [-0.2, 0) is 19.6 Å². The molecule has 0 saturated carbocycles. The van der Waals surface area contributed by atoms with Crippen LogP contribution in [0.1, 0.15) is 21.7 Å². The van der Waals surface area contributed by atoms with Crippen molar-refractivity contribution >= 4 is 27.7 Å². The van der Waals surface area contributed by atoms with Crippen molar-refractivity contribution in [1.82, 2.24) is 9.46 Å². The van der Waals surface area contributed by atoms with Gasteiger partial charge >= 0.3 is 5.97 Å². The Balaban J connectivity index is 2.08. The lowest BCUT2D eigenvalue weighted by Crippen LogP contribution is -2.23. The largest absolute Gasteiger partial charge is 0.452 e. The molecule has 0 aliphatic rings. The average molecular weight is 381 g/mol. The molecule has 0 aliphatic heterocycles. The third-order valence-electron chi connectivity index (χ3n) is 3.44. The SMILES string of the molecule is Cc1cc(NC(=O)COC(=O)c2cc(S(=O)(=O)N(C)C)ccc2C)no1. The number of aromatic nitrogens is 1. The summed E-state index contributed by atoms with van der Waals surface area (Å²) in [5, 5.41) is 6.00. The molecule has 0 unspecified atom stereocenters. The number of ether oxygens (including phenoxy) is 1. The number of hydrogen-bond donors (Lipinski definition) is 1. The standard InChI is InChI=1S/C16H19N3O6S/c1-10-5-6-12(26(22,23)19(3)4)8-13(10)16(21)24-9-15(20)17-14-7-11(2)25-18-14/h5-8H,9H2,1-4H3,(H,17,18,20). The highest BCUT2D eigenvalue weighted by molar-refractivity contribution is 7.89. The van der Waals surface area contributed by atoms with Gasteiger partial charge in [-0.3, -0.25) is 4.79 Å². The molecule has 10 heteroatoms. The van der Waals surface area contributed by atoms with Crippen LogP contribution in [0.25, 0.3) is 0 Å². The fourth-order valence-electron chi connectivity index (χ4n) is 2.01. The van der Waals surface area contributed by atoms with Gasteiger partial charge in [0.2, 0.25) is 10.0 Å². The third kappa shape index (κ3) is 4.46. The van der Waals surface area contributed by atoms with Gasteiger partial charge in [0.1, 0.15) is 5.76 Å². The van der Waals surface area contributed by atoms with Crippen LogP contribution < -0.4 is 5.32 Å². The normalized spacial score (nSPS) is 11.4. The van der Waals surface area contributed by atoms with E-state index in [1.807, 2.05) is 0 Å². The molecule has 0 fully saturated rings. The quantitative estimate of drug-likeness (QED) is 0.750. The molecule has 9 nitrogen and oxygen atoms in total. The van der Waals surface area contributed by atoms with Gasteiger partial charge in [0.25, 0.3) is 5.91 Å². The maximum Gasteiger partial charge on any atom is 0.338 e. The maximum atomic E-state index is 12.2. The van der Waals surface area contributed by atoms with E-state index in [0.29, 0.717) is 11.3 Å². The van der Waals surface area contributed by atoms with E-state index in [1.165, 1.54) is 38.4 Å². The lowest BCUT2D eigenvalue weighted by molar-refractivity contribution is -0.119. The summed E-state index contributed by atoms with van der Waals surface area (Å²) < 4.78 is 35.2. The molecule has 1 aromatic carbocycles. The van der Waals surface area contributed by atoms with Gasteiger partial charge in [-0.2, -0.15) is 0 Å². The van der Waals surface area contributed by atoms with Crippen LogP contribution >= 0.6 is 0 Å². The number of hydrogen-bond acceptors (Lipinski definition) is 7. The molecule has 0 saturated heterocycles. The Morgan fingerprint density at radius 3 is 2.50 bits per heavy atom. The van der Waals surface area contributed by atoms with Gasteiger partial charge < -0.3 is 14.6 Å². The second-order valence-corrected chi connectivity index (χ2v) is 7.86. The van der Waals surface area contributed by atoms with E-state index < -0.39 is 28.5 Å². The first-order chi connectivity index (χ1) is 12.1. The van der Waals surface area contributed by atoms with Gasteiger partial charge in [-0.1, -0.05) is 11.2 Å². The highest BCUT2D eigenvalue weighted by Gasteiger charge is 2.21. The van der Waals surface area contributed by atoms with Crippen molar-refractivity contribution in [1.29, 1.82) is 0 Å². The zero-order chi connectivity index (χ0) is 19.5. The number of amides is 1. The Morgan fingerprint density at radius 1 is 1.23 bits per heavy atom. The van der Waals surface area contributed by atoms with Crippen molar-refractivity contribution in [2.45, 2.75) is 18.7 Å². The molecule has 1 heterocycles. The monoisotopic (exact) mass is 381 g/mol. The topological polar surface area (TPSA) is 119 Å². The van der Waals surface area contributed by atoms with Gasteiger partial charge in [0.05, 0.1) is 10.5 Å². The Morgan fingerprint density at radius 2 is 1.92 bits per heavy atom. The number of nitrogens with one attached hydrogen (secondary N) is 1. The number of rotatable bonds is 6. The summed E-state index contributed by atoms with van der Waals surface area (Å²) >= 11 is 0. The Kier molecular flexibility index (Phi) is 5.78. The lowest BCUT2D eigenvalue weighted by atomic mass is 10.1. The minimum absolute atomic E-state index is 0.0393. The highest BCUT2D eigenvalue weighted by atomic mass is 32.2. The van der Waals surface area contributed by atoms with Gasteiger partial charge in [-0.15, -0.1) is 0 Å². The average Bonchev–Trinajstić information content (AvgIpc) is 2.97. The maximum absolute atomic E-state index is 12.2. The Hall–Kier alpha value is -2.72. The van der Waals surface area contributed by atoms with Crippen molar-refractivity contribution < 1.29 is 27.3 Å². The third-order valence-corrected chi connectivity index (χ3v) is 5.25. The summed E-state index contributed by atoms with van der Waals surface area (Å²) in [6.45, 7) is 2.76. The van der Waals surface area contributed by atoms with Crippen LogP contribution in [0.4, 0.5) is 5.82 Å². The zero-order valence-electron chi connectivity index (χ0n) is 14.8. The lowest BCUT2D eigenvalue weighted by Gasteiger charge is -2.13. The second kappa shape index (κ2) is 7.67. The molecule has 2 rings (SSSR count). The van der Waals surface area contributed by atoms with Crippen LogP contribution in [0.5, 0.6) is 0 Å². The van der Waals surface area contributed by atoms with E-state index in [1.54, 1.807) is 13.8 Å². The van der Waals surface area contributed by atoms with Crippen molar-refractivity contribution in [3.05, 3.63) is 41.2 Å². The molecule has 0 atom stereocenters. The van der Waals surface area contributed by atoms with Gasteiger partial charge in [0, 0.05) is 20.2 Å². The fraction of sp³-hybridized carbons (Fsp3) is 0.312. The van der Waals surface area contributed by atoms with E-state index in [9.17, 15) is 18.0 Å². The van der Waals surface area contributed by atoms with Crippen molar-refractivity contribution in [2.75, 3.05) is 26.0 Å². The Bertz CT molecular complexity index is 933. The van der Waals surface area contributed by atoms with Crippen molar-refractivity contribution in [3.63, 3.8) is 0 Å². The predicted molar refractivity (Wildman–Crippen MR) is 92.2 cm³/mol. The first kappa shape index (κ1) is 19.6. The minimum Gasteiger partial charge on any atom is -0.452 e. The van der Waals surface area contributed by atoms with E-state index >= 15 is 0 Å². The highest BCUT2D eigenvalue weighted by Crippen LogP contribution is 2.19. The number of carbonyl (C=O) groups excluding carboxylic acids is 2. The molecule has 140 valence electrons. The first-order valence-corrected chi connectivity index (χ1v) is 8.98. The molecule has 0 aliphatic carbocycles. The summed E-state index contributed by atoms with van der Waals surface area (Å²) in [5.41, 5.74) is 0.596. The summed E-state index contributed by atoms with van der Waals surface area (Å²) in [5.74, 6) is -0.670. The molecule has 2 aromatic rings. The molecule has 1 amide bonds. The van der Waals surface area contributed by atoms with Crippen LogP contribution in [0, 0.1) is 13.8 Å². The molecule has 1 N–H and O–H groups in total. The summed E-state index contributed by atoms with van der Waals surface area (Å²) in [7, 11) is -0.908. The fourth-order valence-corrected chi connectivity index (χ4v) is 2.93. The van der Waals surface area contributed by atoms with E-state index in [0.717, 1.165) is 4.31 Å². The van der Waals surface area contributed by atoms with Gasteiger partial charge in [-0.25, -0.2) is 17.5 Å². The molecule has 0 radical (unpaired) electrons. The number of aryl methyl sites for hydroxylation is 2. The van der Waals surface area contributed by atoms with Crippen LogP contribution in [0.2, 0.25) is 0 Å². The molecular formula is C16H19N3O6S. The Labute approximate surface area is 151 Å². The van der Waals surface area contributed by atoms with Crippen molar-refractivity contribution in [3.8, 4) is 0 Å². The van der Waals surface area contributed by atoms with E-state index in [-0.39, 0.29) is 16.3 Å². The minimum atomic E-state index is -3.69. The number of sulfonamides is 1. The van der Waals surface area contributed by atoms with Crippen LogP contribution in [0.3, 0.4) is 0 Å². The molecule has 0 spiro atoms. The van der Waals surface area contributed by atoms with Crippen molar-refractivity contribution in [2.24, 2.45) is 0 Å². The molecular weight excluding hydrogens is 362 g/mol. The number of esters is 1. The van der Waals surface area contributed by atoms with Crippen LogP contribution in [-0.4, -0.2) is 50.5 Å². The second-order valence-electron chi connectivity index (χ2n) is 5.71. The van der Waals surface area contributed by atoms with E-state index in [4.69, 9.17) is 9.26 Å². The first-order valence-electron chi connectivity index (χ1n) is 7.54. The predicted octanol–water partition coefficient (Wildman–Crippen LogP) is 1.34. The molecule has 0 bridgehead atoms. The zero-order valence-corrected chi connectivity index (χ0v) is 15.6. The van der Waals surface area contributed by atoms with Gasteiger partial charge in [-0.05, 0) is 31.5 Å². The van der Waals surface area contributed by atoms with E-state index in [2.05, 4.69) is 10.5 Å². The summed E-state index contributed by atoms with van der Waals surface area (Å²) in [4.78, 5) is 24.0. The number of carbonyl (C=O) groups is 2. The number of anilines is 1. The van der Waals surface area contributed by atoms with Gasteiger partial charge in [0.15, 0.2) is 12.4 Å². The number of benzene rings is 1. The number of nitrogens with zero attached hydrogens (tertiary/aromatic N) is 2. The molecule has 1 aromatic heterocycles.